The number of likely N-dealkylation sites (N-methyl/N-ethyl adjacent to an activating group) is 2. The Bertz CT molecular complexity index is 443. The number of nitrogens with zero attached hydrogens (tertiary/aromatic N) is 2. The van der Waals surface area contributed by atoms with Crippen LogP contribution in [0.1, 0.15) is 19.8 Å². The molecule has 3 atom stereocenters. The SMILES string of the molecule is C=C(C1CCCS(=O)(=O)C1)N(C)C(C)C(O)CN(C)C.II. The number of halogens is 2. The monoisotopic (exact) mass is 558 g/mol. The molecule has 1 aliphatic heterocycles. The Hall–Kier alpha value is 0.870. The molecule has 0 spiro atoms. The van der Waals surface area contributed by atoms with Gasteiger partial charge in [-0.15, -0.1) is 0 Å². The quantitative estimate of drug-likeness (QED) is 0.508. The molecule has 1 fully saturated rings. The molecule has 0 amide bonds. The van der Waals surface area contributed by atoms with Crippen molar-refractivity contribution in [3.8, 4) is 0 Å². The highest BCUT2D eigenvalue weighted by atomic mass is 128. The Kier molecular flexibility index (Phi) is 11.1. The van der Waals surface area contributed by atoms with Crippen LogP contribution >= 0.6 is 37.2 Å². The third-order valence-electron chi connectivity index (χ3n) is 4.11. The van der Waals surface area contributed by atoms with Gasteiger partial charge in [-0.25, -0.2) is 8.42 Å². The van der Waals surface area contributed by atoms with Gasteiger partial charge in [0.05, 0.1) is 23.7 Å². The Balaban J connectivity index is 0.00000211. The van der Waals surface area contributed by atoms with Gasteiger partial charge in [-0.05, 0) is 33.9 Å². The van der Waals surface area contributed by atoms with Crippen LogP contribution in [0.4, 0.5) is 0 Å². The van der Waals surface area contributed by atoms with Crippen LogP contribution in [0.2, 0.25) is 0 Å². The Labute approximate surface area is 158 Å². The molecule has 8 heteroatoms. The molecule has 0 aromatic heterocycles. The molecular formula is C14H28I2N2O3S. The highest BCUT2D eigenvalue weighted by molar-refractivity contribution is 15.0. The summed E-state index contributed by atoms with van der Waals surface area (Å²) in [5.41, 5.74) is 0.818. The van der Waals surface area contributed by atoms with Crippen molar-refractivity contribution in [2.75, 3.05) is 39.2 Å². The van der Waals surface area contributed by atoms with E-state index in [-0.39, 0.29) is 17.7 Å². The van der Waals surface area contributed by atoms with Gasteiger partial charge in [-0.3, -0.25) is 0 Å². The number of hydrogen-bond acceptors (Lipinski definition) is 5. The van der Waals surface area contributed by atoms with E-state index in [1.807, 2.05) is 37.9 Å². The second-order valence-electron chi connectivity index (χ2n) is 6.13. The van der Waals surface area contributed by atoms with Gasteiger partial charge in [0, 0.05) is 62.4 Å². The minimum atomic E-state index is -2.93. The van der Waals surface area contributed by atoms with Crippen LogP contribution in [0.5, 0.6) is 0 Å². The van der Waals surface area contributed by atoms with Crippen molar-refractivity contribution in [2.45, 2.75) is 31.9 Å². The van der Waals surface area contributed by atoms with Crippen molar-refractivity contribution in [1.82, 2.24) is 9.80 Å². The second kappa shape index (κ2) is 10.7. The van der Waals surface area contributed by atoms with Gasteiger partial charge in [0.1, 0.15) is 0 Å². The smallest absolute Gasteiger partial charge is 0.150 e. The summed E-state index contributed by atoms with van der Waals surface area (Å²) in [5, 5.41) is 10.2. The fourth-order valence-corrected chi connectivity index (χ4v) is 4.37. The van der Waals surface area contributed by atoms with Crippen molar-refractivity contribution in [2.24, 2.45) is 5.92 Å². The van der Waals surface area contributed by atoms with Crippen molar-refractivity contribution >= 4 is 47.1 Å². The summed E-state index contributed by atoms with van der Waals surface area (Å²) in [4.78, 5) is 3.86. The molecule has 0 aromatic rings. The van der Waals surface area contributed by atoms with Crippen LogP contribution in [0.3, 0.4) is 0 Å². The largest absolute Gasteiger partial charge is 0.390 e. The average molecular weight is 558 g/mol. The molecule has 1 rings (SSSR count). The molecular weight excluding hydrogens is 530 g/mol. The minimum Gasteiger partial charge on any atom is -0.390 e. The van der Waals surface area contributed by atoms with E-state index in [4.69, 9.17) is 0 Å². The average Bonchev–Trinajstić information content (AvgIpc) is 2.45. The van der Waals surface area contributed by atoms with Crippen molar-refractivity contribution in [1.29, 1.82) is 0 Å². The summed E-state index contributed by atoms with van der Waals surface area (Å²) in [6.45, 7) is 6.58. The number of aliphatic hydroxyl groups is 1. The van der Waals surface area contributed by atoms with Gasteiger partial charge >= 0.3 is 0 Å². The number of allylic oxidation sites excluding steroid dienone is 1. The number of hydrogen-bond donors (Lipinski definition) is 1. The van der Waals surface area contributed by atoms with E-state index >= 15 is 0 Å². The second-order valence-corrected chi connectivity index (χ2v) is 8.35. The molecule has 1 aliphatic rings. The first-order valence-electron chi connectivity index (χ1n) is 7.23. The fraction of sp³-hybridized carbons (Fsp3) is 0.857. The topological polar surface area (TPSA) is 60.9 Å². The lowest BCUT2D eigenvalue weighted by Gasteiger charge is -2.37. The van der Waals surface area contributed by atoms with E-state index in [2.05, 4.69) is 43.8 Å². The lowest BCUT2D eigenvalue weighted by molar-refractivity contribution is 0.0622. The highest BCUT2D eigenvalue weighted by Crippen LogP contribution is 2.27. The molecule has 132 valence electrons. The Morgan fingerprint density at radius 3 is 2.36 bits per heavy atom. The Morgan fingerprint density at radius 1 is 1.36 bits per heavy atom. The predicted molar refractivity (Wildman–Crippen MR) is 110 cm³/mol. The minimum absolute atomic E-state index is 0.0206. The van der Waals surface area contributed by atoms with Crippen molar-refractivity contribution in [3.05, 3.63) is 12.3 Å². The van der Waals surface area contributed by atoms with Crippen LogP contribution in [-0.4, -0.2) is 74.7 Å². The molecule has 0 aliphatic carbocycles. The van der Waals surface area contributed by atoms with Crippen LogP contribution < -0.4 is 0 Å². The normalized spacial score (nSPS) is 23.2. The summed E-state index contributed by atoms with van der Waals surface area (Å²) < 4.78 is 23.4. The zero-order chi connectivity index (χ0) is 17.5. The summed E-state index contributed by atoms with van der Waals surface area (Å²) in [7, 11) is 2.78. The predicted octanol–water partition coefficient (Wildman–Crippen LogP) is 2.34. The van der Waals surface area contributed by atoms with E-state index in [1.165, 1.54) is 0 Å². The van der Waals surface area contributed by atoms with Crippen LogP contribution in [0.25, 0.3) is 0 Å². The van der Waals surface area contributed by atoms with Crippen LogP contribution in [-0.2, 0) is 9.84 Å². The van der Waals surface area contributed by atoms with E-state index < -0.39 is 15.9 Å². The third kappa shape index (κ3) is 7.63. The molecule has 1 heterocycles. The lowest BCUT2D eigenvalue weighted by Crippen LogP contribution is -2.45. The maximum Gasteiger partial charge on any atom is 0.150 e. The van der Waals surface area contributed by atoms with Gasteiger partial charge < -0.3 is 14.9 Å². The molecule has 1 saturated heterocycles. The highest BCUT2D eigenvalue weighted by Gasteiger charge is 2.30. The van der Waals surface area contributed by atoms with Gasteiger partial charge in [-0.1, -0.05) is 6.58 Å². The van der Waals surface area contributed by atoms with E-state index in [9.17, 15) is 13.5 Å². The summed E-state index contributed by atoms with van der Waals surface area (Å²) in [6.07, 6.45) is 1.07. The van der Waals surface area contributed by atoms with E-state index in [0.29, 0.717) is 18.7 Å². The molecule has 3 unspecified atom stereocenters. The molecule has 0 radical (unpaired) electrons. The molecule has 5 nitrogen and oxygen atoms in total. The number of rotatable bonds is 6. The number of sulfone groups is 1. The standard InChI is InChI=1S/C14H28N2O3S.I2/c1-11(13-7-6-8-20(18,19)10-13)16(5)12(2)14(17)9-15(3)4;1-2/h12-14,17H,1,6-10H2,2-5H3;. The summed E-state index contributed by atoms with van der Waals surface area (Å²) in [5.74, 6) is 0.458. The summed E-state index contributed by atoms with van der Waals surface area (Å²) >= 11 is 4.24. The van der Waals surface area contributed by atoms with Crippen molar-refractivity contribution < 1.29 is 13.5 Å². The van der Waals surface area contributed by atoms with E-state index in [1.54, 1.807) is 0 Å². The summed E-state index contributed by atoms with van der Waals surface area (Å²) in [6, 6.07) is -0.0884. The van der Waals surface area contributed by atoms with Gasteiger partial charge in [0.2, 0.25) is 0 Å². The third-order valence-corrected chi connectivity index (χ3v) is 5.93. The van der Waals surface area contributed by atoms with Gasteiger partial charge in [0.25, 0.3) is 0 Å². The van der Waals surface area contributed by atoms with Gasteiger partial charge in [-0.2, -0.15) is 0 Å². The fourth-order valence-electron chi connectivity index (χ4n) is 2.62. The molecule has 22 heavy (non-hydrogen) atoms. The maximum atomic E-state index is 11.7. The lowest BCUT2D eigenvalue weighted by atomic mass is 9.99. The Morgan fingerprint density at radius 2 is 1.91 bits per heavy atom. The maximum absolute atomic E-state index is 11.7. The van der Waals surface area contributed by atoms with E-state index in [0.717, 1.165) is 12.1 Å². The molecule has 0 bridgehead atoms. The first-order valence-corrected chi connectivity index (χ1v) is 15.3. The van der Waals surface area contributed by atoms with Crippen molar-refractivity contribution in [3.63, 3.8) is 0 Å². The zero-order valence-electron chi connectivity index (χ0n) is 13.8. The molecule has 1 N–H and O–H groups in total. The first kappa shape index (κ1) is 22.9. The molecule has 0 saturated carbocycles. The number of aliphatic hydroxyl groups excluding tert-OH is 1. The first-order chi connectivity index (χ1) is 10.1. The zero-order valence-corrected chi connectivity index (χ0v) is 18.9. The van der Waals surface area contributed by atoms with Gasteiger partial charge in [0.15, 0.2) is 9.84 Å². The van der Waals surface area contributed by atoms with Crippen LogP contribution in [0.15, 0.2) is 12.3 Å². The molecule has 0 aromatic carbocycles. The van der Waals surface area contributed by atoms with Crippen LogP contribution in [0, 0.1) is 5.92 Å².